The average molecular weight is 833 g/mol. The summed E-state index contributed by atoms with van der Waals surface area (Å²) in [6.45, 7) is 4.70. The molecule has 0 rings (SSSR count). The Morgan fingerprint density at radius 3 is 1.37 bits per heavy atom. The summed E-state index contributed by atoms with van der Waals surface area (Å²) in [6, 6.07) is -0.620. The third kappa shape index (κ3) is 40.7. The van der Waals surface area contributed by atoms with Crippen molar-refractivity contribution in [2.45, 2.75) is 231 Å². The van der Waals surface area contributed by atoms with Gasteiger partial charge in [-0.3, -0.25) is 9.59 Å². The summed E-state index contributed by atoms with van der Waals surface area (Å²) in [4.78, 5) is 37.1. The minimum Gasteiger partial charge on any atom is -0.477 e. The SMILES string of the molecule is CCCCCCCC/C=C/C/C=C/C/C=C/CCCC(=O)OCC(COCCC(C(=O)O)[N+](C)(C)C)OC(=O)CCCCCCCCCCCCCCCCCCCC. The number of carbonyl (C=O) groups excluding carboxylic acids is 2. The smallest absolute Gasteiger partial charge is 0.362 e. The van der Waals surface area contributed by atoms with E-state index in [1.165, 1.54) is 141 Å². The maximum Gasteiger partial charge on any atom is 0.362 e. The van der Waals surface area contributed by atoms with E-state index in [4.69, 9.17) is 14.2 Å². The second-order valence-corrected chi connectivity index (χ2v) is 17.7. The number of carboxylic acid groups (broad SMARTS) is 1. The number of rotatable bonds is 44. The van der Waals surface area contributed by atoms with Crippen LogP contribution in [0.5, 0.6) is 0 Å². The van der Waals surface area contributed by atoms with Crippen LogP contribution in [0.2, 0.25) is 0 Å². The summed E-state index contributed by atoms with van der Waals surface area (Å²) in [7, 11) is 5.52. The highest BCUT2D eigenvalue weighted by Crippen LogP contribution is 2.16. The van der Waals surface area contributed by atoms with Crippen LogP contribution in [0.1, 0.15) is 219 Å². The van der Waals surface area contributed by atoms with Crippen molar-refractivity contribution in [3.05, 3.63) is 36.5 Å². The van der Waals surface area contributed by atoms with Gasteiger partial charge in [-0.05, 0) is 44.9 Å². The predicted octanol–water partition coefficient (Wildman–Crippen LogP) is 13.8. The van der Waals surface area contributed by atoms with Gasteiger partial charge in [0.25, 0.3) is 0 Å². The molecule has 2 atom stereocenters. The number of unbranched alkanes of at least 4 members (excludes halogenated alkanes) is 24. The molecule has 8 heteroatoms. The minimum absolute atomic E-state index is 0.0484. The third-order valence-electron chi connectivity index (χ3n) is 11.0. The molecule has 344 valence electrons. The number of nitrogens with zero attached hydrogens (tertiary/aromatic N) is 1. The lowest BCUT2D eigenvalue weighted by molar-refractivity contribution is -0.887. The van der Waals surface area contributed by atoms with Crippen LogP contribution in [0.25, 0.3) is 0 Å². The summed E-state index contributed by atoms with van der Waals surface area (Å²) in [5, 5.41) is 9.64. The van der Waals surface area contributed by atoms with Gasteiger partial charge < -0.3 is 23.8 Å². The van der Waals surface area contributed by atoms with E-state index < -0.39 is 18.1 Å². The Bertz CT molecular complexity index is 1060. The highest BCUT2D eigenvalue weighted by atomic mass is 16.6. The maximum absolute atomic E-state index is 12.8. The molecular weight excluding hydrogens is 739 g/mol. The maximum atomic E-state index is 12.8. The Morgan fingerprint density at radius 1 is 0.508 bits per heavy atom. The Kier molecular flexibility index (Phi) is 40.5. The molecule has 0 saturated carbocycles. The molecule has 0 bridgehead atoms. The number of likely N-dealkylation sites (N-methyl/N-ethyl adjacent to an activating group) is 1. The number of hydrogen-bond donors (Lipinski definition) is 1. The third-order valence-corrected chi connectivity index (χ3v) is 11.0. The molecule has 0 aliphatic rings. The number of carbonyl (C=O) groups is 3. The topological polar surface area (TPSA) is 99.1 Å². The molecule has 0 fully saturated rings. The van der Waals surface area contributed by atoms with Crippen LogP contribution < -0.4 is 0 Å². The number of allylic oxidation sites excluding steroid dienone is 6. The van der Waals surface area contributed by atoms with E-state index in [1.807, 2.05) is 21.1 Å². The van der Waals surface area contributed by atoms with Gasteiger partial charge in [0, 0.05) is 19.3 Å². The number of ether oxygens (including phenoxy) is 3. The van der Waals surface area contributed by atoms with Gasteiger partial charge in [0.15, 0.2) is 12.1 Å². The Balaban J connectivity index is 4.33. The largest absolute Gasteiger partial charge is 0.477 e. The van der Waals surface area contributed by atoms with Crippen molar-refractivity contribution in [3.8, 4) is 0 Å². The van der Waals surface area contributed by atoms with Gasteiger partial charge in [-0.2, -0.15) is 0 Å². The molecule has 0 radical (unpaired) electrons. The zero-order chi connectivity index (χ0) is 43.5. The van der Waals surface area contributed by atoms with Gasteiger partial charge in [0.05, 0.1) is 34.4 Å². The van der Waals surface area contributed by atoms with E-state index >= 15 is 0 Å². The van der Waals surface area contributed by atoms with Crippen molar-refractivity contribution in [3.63, 3.8) is 0 Å². The first-order chi connectivity index (χ1) is 28.6. The lowest BCUT2D eigenvalue weighted by atomic mass is 10.0. The van der Waals surface area contributed by atoms with Crippen LogP contribution >= 0.6 is 0 Å². The fraction of sp³-hybridized carbons (Fsp3) is 0.824. The van der Waals surface area contributed by atoms with Crippen molar-refractivity contribution in [2.75, 3.05) is 41.0 Å². The Hall–Kier alpha value is -2.45. The van der Waals surface area contributed by atoms with Gasteiger partial charge in [-0.1, -0.05) is 192 Å². The molecule has 0 aromatic carbocycles. The summed E-state index contributed by atoms with van der Waals surface area (Å²) in [6.07, 6.45) is 49.1. The molecule has 59 heavy (non-hydrogen) atoms. The van der Waals surface area contributed by atoms with Crippen LogP contribution in [-0.4, -0.2) is 80.6 Å². The lowest BCUT2D eigenvalue weighted by Crippen LogP contribution is -2.50. The molecule has 1 N–H and O–H groups in total. The molecule has 0 aromatic rings. The quantitative estimate of drug-likeness (QED) is 0.0282. The van der Waals surface area contributed by atoms with Crippen molar-refractivity contribution in [1.82, 2.24) is 0 Å². The zero-order valence-corrected chi connectivity index (χ0v) is 39.2. The Morgan fingerprint density at radius 2 is 0.915 bits per heavy atom. The van der Waals surface area contributed by atoms with Gasteiger partial charge >= 0.3 is 17.9 Å². The van der Waals surface area contributed by atoms with Crippen LogP contribution in [0.4, 0.5) is 0 Å². The molecule has 0 amide bonds. The molecule has 0 saturated heterocycles. The zero-order valence-electron chi connectivity index (χ0n) is 39.2. The van der Waals surface area contributed by atoms with Crippen molar-refractivity contribution < 1.29 is 38.2 Å². The summed E-state index contributed by atoms with van der Waals surface area (Å²) in [5.41, 5.74) is 0. The molecule has 0 aliphatic carbocycles. The monoisotopic (exact) mass is 833 g/mol. The van der Waals surface area contributed by atoms with E-state index in [0.717, 1.165) is 38.5 Å². The highest BCUT2D eigenvalue weighted by molar-refractivity contribution is 5.72. The fourth-order valence-corrected chi connectivity index (χ4v) is 7.23. The van der Waals surface area contributed by atoms with E-state index in [-0.39, 0.29) is 42.7 Å². The lowest BCUT2D eigenvalue weighted by Gasteiger charge is -2.31. The van der Waals surface area contributed by atoms with E-state index in [9.17, 15) is 19.5 Å². The van der Waals surface area contributed by atoms with Gasteiger partial charge in [-0.25, -0.2) is 4.79 Å². The molecule has 2 unspecified atom stereocenters. The van der Waals surface area contributed by atoms with Crippen LogP contribution in [0.3, 0.4) is 0 Å². The Labute approximate surface area is 364 Å². The molecular formula is C51H94NO7+. The number of aliphatic carboxylic acids is 1. The van der Waals surface area contributed by atoms with Crippen molar-refractivity contribution in [2.24, 2.45) is 0 Å². The minimum atomic E-state index is -0.879. The number of carboxylic acids is 1. The summed E-state index contributed by atoms with van der Waals surface area (Å²) < 4.78 is 17.3. The normalized spacial score (nSPS) is 13.2. The number of hydrogen-bond acceptors (Lipinski definition) is 6. The molecule has 0 aliphatic heterocycles. The molecule has 0 aromatic heterocycles. The first kappa shape index (κ1) is 56.5. The first-order valence-electron chi connectivity index (χ1n) is 24.5. The average Bonchev–Trinajstić information content (AvgIpc) is 3.19. The van der Waals surface area contributed by atoms with Crippen LogP contribution in [0, 0.1) is 0 Å². The molecule has 8 nitrogen and oxygen atoms in total. The standard InChI is InChI=1S/C51H93NO7/c1-6-8-10-12-14-16-18-20-22-24-26-28-30-32-34-36-38-40-42-50(54)59-47(45-57-44-43-48(51(55)56)52(3,4)5)46-58-49(53)41-39-37-35-33-31-29-27-25-23-21-19-17-15-13-11-9-7-2/h21,23,27,29,33,35,47-48H,6-20,22,24-26,28,30-32,34,36-46H2,1-5H3/p+1/b23-21+,29-27+,35-33+. The molecule has 0 spiro atoms. The van der Waals surface area contributed by atoms with Crippen molar-refractivity contribution >= 4 is 17.9 Å². The second kappa shape index (κ2) is 42.2. The van der Waals surface area contributed by atoms with E-state index in [1.54, 1.807) is 0 Å². The summed E-state index contributed by atoms with van der Waals surface area (Å²) in [5.74, 6) is -1.52. The van der Waals surface area contributed by atoms with Crippen LogP contribution in [0.15, 0.2) is 36.5 Å². The number of esters is 2. The van der Waals surface area contributed by atoms with E-state index in [2.05, 4.69) is 50.3 Å². The van der Waals surface area contributed by atoms with Gasteiger partial charge in [-0.15, -0.1) is 0 Å². The number of quaternary nitrogens is 1. The van der Waals surface area contributed by atoms with Crippen molar-refractivity contribution in [1.29, 1.82) is 0 Å². The second-order valence-electron chi connectivity index (χ2n) is 17.7. The van der Waals surface area contributed by atoms with Gasteiger partial charge in [0.1, 0.15) is 6.61 Å². The predicted molar refractivity (Wildman–Crippen MR) is 248 cm³/mol. The fourth-order valence-electron chi connectivity index (χ4n) is 7.23. The molecule has 0 heterocycles. The first-order valence-corrected chi connectivity index (χ1v) is 24.5. The van der Waals surface area contributed by atoms with Crippen LogP contribution in [-0.2, 0) is 28.6 Å². The highest BCUT2D eigenvalue weighted by Gasteiger charge is 2.31. The van der Waals surface area contributed by atoms with E-state index in [0.29, 0.717) is 19.3 Å². The summed E-state index contributed by atoms with van der Waals surface area (Å²) >= 11 is 0. The van der Waals surface area contributed by atoms with Gasteiger partial charge in [0.2, 0.25) is 0 Å².